The van der Waals surface area contributed by atoms with Gasteiger partial charge in [0.25, 0.3) is 5.91 Å². The monoisotopic (exact) mass is 405 g/mol. The highest BCUT2D eigenvalue weighted by Gasteiger charge is 2.49. The van der Waals surface area contributed by atoms with Crippen LogP contribution in [0.2, 0.25) is 0 Å². The van der Waals surface area contributed by atoms with E-state index in [4.69, 9.17) is 11.6 Å². The molecule has 1 aromatic heterocycles. The van der Waals surface area contributed by atoms with E-state index in [1.165, 1.54) is 6.07 Å². The van der Waals surface area contributed by atoms with Gasteiger partial charge in [-0.3, -0.25) is 19.3 Å². The van der Waals surface area contributed by atoms with E-state index in [-0.39, 0.29) is 29.2 Å². The molecule has 1 amide bonds. The standard InChI is InChI=1S/C21H28ClN3O3/c1-3-6-13-9-10-17-23(2)21(28)19-20(27)16(26)11-12-24(19)25(17)18(13)14-7-4-5-8-15(14)22/h3,11-15,17-18,27H,1,4-10H2,2H3. The van der Waals surface area contributed by atoms with Crippen molar-refractivity contribution in [1.29, 1.82) is 0 Å². The first-order valence-corrected chi connectivity index (χ1v) is 10.6. The predicted molar refractivity (Wildman–Crippen MR) is 109 cm³/mol. The van der Waals surface area contributed by atoms with Crippen molar-refractivity contribution in [2.75, 3.05) is 12.1 Å². The summed E-state index contributed by atoms with van der Waals surface area (Å²) in [6.45, 7) is 3.95. The number of hydrogen-bond donors (Lipinski definition) is 1. The van der Waals surface area contributed by atoms with Crippen molar-refractivity contribution in [1.82, 2.24) is 9.58 Å². The highest BCUT2D eigenvalue weighted by atomic mass is 35.5. The summed E-state index contributed by atoms with van der Waals surface area (Å²) in [4.78, 5) is 26.6. The van der Waals surface area contributed by atoms with Gasteiger partial charge in [0.05, 0.1) is 6.04 Å². The maximum atomic E-state index is 12.9. The number of hydrogen-bond acceptors (Lipinski definition) is 4. The molecule has 28 heavy (non-hydrogen) atoms. The lowest BCUT2D eigenvalue weighted by Crippen LogP contribution is -2.69. The number of piperidine rings is 1. The molecule has 1 aromatic rings. The van der Waals surface area contributed by atoms with Gasteiger partial charge in [-0.1, -0.05) is 18.9 Å². The van der Waals surface area contributed by atoms with Crippen molar-refractivity contribution in [3.8, 4) is 5.75 Å². The minimum Gasteiger partial charge on any atom is -0.502 e. The molecule has 2 fully saturated rings. The summed E-state index contributed by atoms with van der Waals surface area (Å²) in [5, 5.41) is 12.7. The second-order valence-corrected chi connectivity index (χ2v) is 8.88. The number of aromatic hydroxyl groups is 1. The molecule has 3 aliphatic rings. The molecule has 3 heterocycles. The highest BCUT2D eigenvalue weighted by molar-refractivity contribution is 6.20. The van der Waals surface area contributed by atoms with E-state index in [1.807, 2.05) is 6.08 Å². The maximum Gasteiger partial charge on any atom is 0.277 e. The first kappa shape index (κ1) is 19.4. The Bertz CT molecular complexity index is 839. The van der Waals surface area contributed by atoms with E-state index in [0.717, 1.165) is 44.9 Å². The van der Waals surface area contributed by atoms with Gasteiger partial charge in [-0.05, 0) is 43.9 Å². The first-order chi connectivity index (χ1) is 13.5. The third-order valence-corrected chi connectivity index (χ3v) is 7.34. The normalized spacial score (nSPS) is 32.6. The largest absolute Gasteiger partial charge is 0.502 e. The SMILES string of the molecule is C=CCC1CCC2N(C)C(=O)c3c(O)c(=O)ccn3N2C1C1CCCCC1Cl. The van der Waals surface area contributed by atoms with Crippen molar-refractivity contribution in [2.45, 2.75) is 62.5 Å². The first-order valence-electron chi connectivity index (χ1n) is 10.2. The Balaban J connectivity index is 1.87. The fourth-order valence-electron chi connectivity index (χ4n) is 5.47. The molecule has 0 radical (unpaired) electrons. The predicted octanol–water partition coefficient (Wildman–Crippen LogP) is 3.06. The van der Waals surface area contributed by atoms with Crippen LogP contribution in [0.15, 0.2) is 29.7 Å². The van der Waals surface area contributed by atoms with Gasteiger partial charge in [0.15, 0.2) is 11.4 Å². The number of amides is 1. The summed E-state index contributed by atoms with van der Waals surface area (Å²) >= 11 is 6.82. The molecule has 1 aliphatic carbocycles. The van der Waals surface area contributed by atoms with Crippen LogP contribution in [0, 0.1) is 11.8 Å². The van der Waals surface area contributed by atoms with Gasteiger partial charge in [-0.2, -0.15) is 0 Å². The van der Waals surface area contributed by atoms with E-state index in [2.05, 4.69) is 11.6 Å². The van der Waals surface area contributed by atoms with Crippen LogP contribution < -0.4 is 10.4 Å². The number of pyridine rings is 1. The number of allylic oxidation sites excluding steroid dienone is 1. The van der Waals surface area contributed by atoms with Crippen LogP contribution >= 0.6 is 11.6 Å². The highest BCUT2D eigenvalue weighted by Crippen LogP contribution is 2.43. The van der Waals surface area contributed by atoms with Crippen LogP contribution in [-0.2, 0) is 0 Å². The van der Waals surface area contributed by atoms with Gasteiger partial charge in [0, 0.05) is 24.7 Å². The number of carbonyl (C=O) groups excluding carboxylic acids is 1. The molecule has 1 saturated carbocycles. The average molecular weight is 406 g/mol. The minimum absolute atomic E-state index is 0.0532. The summed E-state index contributed by atoms with van der Waals surface area (Å²) in [6, 6.07) is 1.46. The number of fused-ring (bicyclic) bond motifs is 3. The van der Waals surface area contributed by atoms with Crippen LogP contribution in [0.3, 0.4) is 0 Å². The molecular formula is C21H28ClN3O3. The number of nitrogens with zero attached hydrogens (tertiary/aromatic N) is 3. The quantitative estimate of drug-likeness (QED) is 0.620. The molecular weight excluding hydrogens is 378 g/mol. The number of rotatable bonds is 3. The van der Waals surface area contributed by atoms with Gasteiger partial charge in [-0.25, -0.2) is 0 Å². The maximum absolute atomic E-state index is 12.9. The molecule has 7 heteroatoms. The van der Waals surface area contributed by atoms with Crippen LogP contribution in [0.1, 0.15) is 55.4 Å². The average Bonchev–Trinajstić information content (AvgIpc) is 2.69. The van der Waals surface area contributed by atoms with Gasteiger partial charge in [0.1, 0.15) is 6.17 Å². The molecule has 5 atom stereocenters. The van der Waals surface area contributed by atoms with E-state index in [0.29, 0.717) is 11.8 Å². The lowest BCUT2D eigenvalue weighted by Gasteiger charge is -2.56. The Morgan fingerprint density at radius 2 is 2.00 bits per heavy atom. The van der Waals surface area contributed by atoms with E-state index < -0.39 is 11.2 Å². The van der Waals surface area contributed by atoms with Gasteiger partial charge in [-0.15, -0.1) is 18.2 Å². The number of alkyl halides is 1. The second-order valence-electron chi connectivity index (χ2n) is 8.32. The number of carbonyl (C=O) groups is 1. The number of halogens is 1. The van der Waals surface area contributed by atoms with Crippen molar-refractivity contribution < 1.29 is 9.90 Å². The molecule has 2 aliphatic heterocycles. The Labute approximate surface area is 170 Å². The Morgan fingerprint density at radius 3 is 2.71 bits per heavy atom. The van der Waals surface area contributed by atoms with Crippen molar-refractivity contribution in [2.24, 2.45) is 11.8 Å². The molecule has 0 bridgehead atoms. The zero-order chi connectivity index (χ0) is 20.0. The molecule has 152 valence electrons. The zero-order valence-corrected chi connectivity index (χ0v) is 17.0. The van der Waals surface area contributed by atoms with Crippen molar-refractivity contribution in [3.05, 3.63) is 40.8 Å². The van der Waals surface area contributed by atoms with Crippen molar-refractivity contribution >= 4 is 17.5 Å². The zero-order valence-electron chi connectivity index (χ0n) is 16.3. The summed E-state index contributed by atoms with van der Waals surface area (Å²) in [5.74, 6) is -0.134. The molecule has 0 spiro atoms. The van der Waals surface area contributed by atoms with Crippen LogP contribution in [0.4, 0.5) is 0 Å². The van der Waals surface area contributed by atoms with Crippen molar-refractivity contribution in [3.63, 3.8) is 0 Å². The fraction of sp³-hybridized carbons (Fsp3) is 0.619. The van der Waals surface area contributed by atoms with Gasteiger partial charge >= 0.3 is 0 Å². The van der Waals surface area contributed by atoms with E-state index >= 15 is 0 Å². The molecule has 5 unspecified atom stereocenters. The molecule has 0 aromatic carbocycles. The summed E-state index contributed by atoms with van der Waals surface area (Å²) in [6.07, 6.45) is 10.5. The summed E-state index contributed by atoms with van der Waals surface area (Å²) in [5.41, 5.74) is -0.479. The van der Waals surface area contributed by atoms with Crippen LogP contribution in [-0.4, -0.2) is 45.2 Å². The van der Waals surface area contributed by atoms with Crippen LogP contribution in [0.25, 0.3) is 0 Å². The van der Waals surface area contributed by atoms with E-state index in [1.54, 1.807) is 22.8 Å². The minimum atomic E-state index is -0.532. The van der Waals surface area contributed by atoms with Gasteiger partial charge in [0.2, 0.25) is 5.43 Å². The van der Waals surface area contributed by atoms with Crippen LogP contribution in [0.5, 0.6) is 5.75 Å². The third kappa shape index (κ3) is 2.93. The lowest BCUT2D eigenvalue weighted by atomic mass is 9.73. The van der Waals surface area contributed by atoms with Gasteiger partial charge < -0.3 is 10.0 Å². The molecule has 6 nitrogen and oxygen atoms in total. The number of aromatic nitrogens is 1. The smallest absolute Gasteiger partial charge is 0.277 e. The summed E-state index contributed by atoms with van der Waals surface area (Å²) < 4.78 is 1.72. The summed E-state index contributed by atoms with van der Waals surface area (Å²) in [7, 11) is 1.75. The Morgan fingerprint density at radius 1 is 1.25 bits per heavy atom. The Hall–Kier alpha value is -1.95. The molecule has 4 rings (SSSR count). The lowest BCUT2D eigenvalue weighted by molar-refractivity contribution is 0.0410. The topological polar surface area (TPSA) is 65.8 Å². The van der Waals surface area contributed by atoms with E-state index in [9.17, 15) is 14.7 Å². The third-order valence-electron chi connectivity index (χ3n) is 6.80. The molecule has 1 saturated heterocycles. The molecule has 1 N–H and O–H groups in total. The Kier molecular flexibility index (Phi) is 5.17. The fourth-order valence-corrected chi connectivity index (χ4v) is 5.90. The second kappa shape index (κ2) is 7.47.